The van der Waals surface area contributed by atoms with Crippen molar-refractivity contribution < 1.29 is 19.2 Å². The summed E-state index contributed by atoms with van der Waals surface area (Å²) in [4.78, 5) is 25.0. The van der Waals surface area contributed by atoms with Gasteiger partial charge in [0.15, 0.2) is 11.5 Å². The highest BCUT2D eigenvalue weighted by Gasteiger charge is 2.26. The van der Waals surface area contributed by atoms with Crippen molar-refractivity contribution in [3.63, 3.8) is 0 Å². The third kappa shape index (κ3) is 4.26. The van der Waals surface area contributed by atoms with Crippen LogP contribution in [-0.4, -0.2) is 36.5 Å². The molecule has 0 unspecified atom stereocenters. The number of ether oxygens (including phenoxy) is 2. The molecular formula is C18H20N2O5. The lowest BCUT2D eigenvalue weighted by molar-refractivity contribution is -0.385. The number of carbonyl (C=O) groups is 1. The maximum absolute atomic E-state index is 12.8. The molecule has 2 aromatic rings. The highest BCUT2D eigenvalue weighted by molar-refractivity contribution is 5.98. The molecule has 7 nitrogen and oxygen atoms in total. The minimum absolute atomic E-state index is 0.0346. The second-order valence-corrected chi connectivity index (χ2v) is 5.36. The van der Waals surface area contributed by atoms with Gasteiger partial charge in [0.05, 0.1) is 24.7 Å². The van der Waals surface area contributed by atoms with E-state index in [2.05, 4.69) is 0 Å². The topological polar surface area (TPSA) is 81.9 Å². The Morgan fingerprint density at radius 1 is 1.20 bits per heavy atom. The summed E-state index contributed by atoms with van der Waals surface area (Å²) in [7, 11) is 2.99. The molecule has 2 rings (SSSR count). The number of methoxy groups -OCH3 is 1. The molecule has 0 N–H and O–H groups in total. The minimum atomic E-state index is -0.595. The highest BCUT2D eigenvalue weighted by atomic mass is 16.6. The van der Waals surface area contributed by atoms with E-state index in [0.717, 1.165) is 5.56 Å². The van der Waals surface area contributed by atoms with Gasteiger partial charge in [0.1, 0.15) is 5.56 Å². The molecule has 2 aromatic carbocycles. The average Bonchev–Trinajstić information content (AvgIpc) is 2.61. The van der Waals surface area contributed by atoms with Crippen LogP contribution in [0.15, 0.2) is 42.5 Å². The van der Waals surface area contributed by atoms with Crippen LogP contribution in [0.5, 0.6) is 11.5 Å². The largest absolute Gasteiger partial charge is 0.493 e. The number of hydrogen-bond donors (Lipinski definition) is 0. The monoisotopic (exact) mass is 344 g/mol. The van der Waals surface area contributed by atoms with Crippen LogP contribution < -0.4 is 9.47 Å². The molecule has 0 aliphatic rings. The zero-order valence-electron chi connectivity index (χ0n) is 14.4. The fourth-order valence-corrected chi connectivity index (χ4v) is 2.43. The van der Waals surface area contributed by atoms with E-state index < -0.39 is 10.8 Å². The normalized spacial score (nSPS) is 10.2. The molecule has 0 aromatic heterocycles. The molecule has 0 saturated carbocycles. The molecule has 0 spiro atoms. The first-order valence-electron chi connectivity index (χ1n) is 7.76. The lowest BCUT2D eigenvalue weighted by Gasteiger charge is -2.18. The maximum atomic E-state index is 12.8. The zero-order valence-corrected chi connectivity index (χ0v) is 14.4. The molecule has 7 heteroatoms. The second-order valence-electron chi connectivity index (χ2n) is 5.36. The van der Waals surface area contributed by atoms with E-state index >= 15 is 0 Å². The molecule has 0 saturated heterocycles. The summed E-state index contributed by atoms with van der Waals surface area (Å²) in [6.45, 7) is 2.47. The van der Waals surface area contributed by atoms with Gasteiger partial charge in [-0.1, -0.05) is 30.3 Å². The molecule has 0 radical (unpaired) electrons. The number of nitro benzene ring substituents is 1. The van der Waals surface area contributed by atoms with Crippen LogP contribution in [-0.2, 0) is 6.54 Å². The van der Waals surface area contributed by atoms with E-state index in [1.807, 2.05) is 30.3 Å². The highest BCUT2D eigenvalue weighted by Crippen LogP contribution is 2.35. The Balaban J connectivity index is 2.39. The smallest absolute Gasteiger partial charge is 0.286 e. The van der Waals surface area contributed by atoms with Gasteiger partial charge in [-0.25, -0.2) is 0 Å². The van der Waals surface area contributed by atoms with Crippen molar-refractivity contribution in [2.75, 3.05) is 20.8 Å². The summed E-state index contributed by atoms with van der Waals surface area (Å²) in [5.41, 5.74) is 0.581. The fourth-order valence-electron chi connectivity index (χ4n) is 2.43. The maximum Gasteiger partial charge on any atom is 0.286 e. The van der Waals surface area contributed by atoms with Gasteiger partial charge in [0, 0.05) is 19.7 Å². The first-order valence-corrected chi connectivity index (χ1v) is 7.76. The van der Waals surface area contributed by atoms with Crippen molar-refractivity contribution in [3.05, 3.63) is 63.7 Å². The zero-order chi connectivity index (χ0) is 18.4. The van der Waals surface area contributed by atoms with E-state index in [4.69, 9.17) is 9.47 Å². The van der Waals surface area contributed by atoms with Gasteiger partial charge in [0.25, 0.3) is 11.6 Å². The summed E-state index contributed by atoms with van der Waals surface area (Å²) in [5.74, 6) is 0.0574. The third-order valence-corrected chi connectivity index (χ3v) is 3.62. The molecule has 25 heavy (non-hydrogen) atoms. The number of amides is 1. The predicted molar refractivity (Wildman–Crippen MR) is 93.1 cm³/mol. The molecule has 0 aliphatic heterocycles. The van der Waals surface area contributed by atoms with Crippen LogP contribution in [0.1, 0.15) is 22.8 Å². The molecule has 0 atom stereocenters. The van der Waals surface area contributed by atoms with Crippen LogP contribution in [0.3, 0.4) is 0 Å². The van der Waals surface area contributed by atoms with Gasteiger partial charge in [-0.05, 0) is 12.5 Å². The van der Waals surface area contributed by atoms with Crippen LogP contribution in [0.4, 0.5) is 5.69 Å². The lowest BCUT2D eigenvalue weighted by Crippen LogP contribution is -2.27. The summed E-state index contributed by atoms with van der Waals surface area (Å²) < 4.78 is 10.6. The van der Waals surface area contributed by atoms with Crippen molar-refractivity contribution in [2.24, 2.45) is 0 Å². The Morgan fingerprint density at radius 3 is 2.44 bits per heavy atom. The summed E-state index contributed by atoms with van der Waals surface area (Å²) in [6, 6.07) is 12.0. The molecule has 0 aliphatic carbocycles. The van der Waals surface area contributed by atoms with Crippen LogP contribution in [0.2, 0.25) is 0 Å². The van der Waals surface area contributed by atoms with Gasteiger partial charge < -0.3 is 14.4 Å². The van der Waals surface area contributed by atoms with Gasteiger partial charge in [-0.15, -0.1) is 0 Å². The van der Waals surface area contributed by atoms with E-state index in [-0.39, 0.29) is 17.0 Å². The summed E-state index contributed by atoms with van der Waals surface area (Å²) in [6.07, 6.45) is 0. The Labute approximate surface area is 145 Å². The molecule has 0 fully saturated rings. The number of hydrogen-bond acceptors (Lipinski definition) is 5. The third-order valence-electron chi connectivity index (χ3n) is 3.62. The van der Waals surface area contributed by atoms with Crippen molar-refractivity contribution in [3.8, 4) is 11.5 Å². The van der Waals surface area contributed by atoms with Gasteiger partial charge in [-0.3, -0.25) is 14.9 Å². The summed E-state index contributed by atoms with van der Waals surface area (Å²) in [5, 5.41) is 11.4. The Hall–Kier alpha value is -3.09. The average molecular weight is 344 g/mol. The lowest BCUT2D eigenvalue weighted by atomic mass is 10.1. The number of nitrogens with zero attached hydrogens (tertiary/aromatic N) is 2. The van der Waals surface area contributed by atoms with Crippen molar-refractivity contribution in [1.82, 2.24) is 4.90 Å². The van der Waals surface area contributed by atoms with Gasteiger partial charge in [0.2, 0.25) is 0 Å². The molecule has 0 bridgehead atoms. The molecule has 132 valence electrons. The Kier molecular flexibility index (Phi) is 5.94. The first kappa shape index (κ1) is 18.3. The second kappa shape index (κ2) is 8.14. The SMILES string of the molecule is CCOc1cc(C(=O)N(C)Cc2ccccc2)c([N+](=O)[O-])cc1OC. The first-order chi connectivity index (χ1) is 12.0. The molecule has 1 amide bonds. The van der Waals surface area contributed by atoms with E-state index in [9.17, 15) is 14.9 Å². The minimum Gasteiger partial charge on any atom is -0.493 e. The summed E-state index contributed by atoms with van der Waals surface area (Å²) >= 11 is 0. The molecule has 0 heterocycles. The number of rotatable bonds is 7. The quantitative estimate of drug-likeness (QED) is 0.569. The standard InChI is InChI=1S/C18H20N2O5/c1-4-25-17-10-14(15(20(22)23)11-16(17)24-3)18(21)19(2)12-13-8-6-5-7-9-13/h5-11H,4,12H2,1-3H3. The van der Waals surface area contributed by atoms with E-state index in [0.29, 0.717) is 18.9 Å². The number of nitro groups is 1. The fraction of sp³-hybridized carbons (Fsp3) is 0.278. The number of benzene rings is 2. The van der Waals surface area contributed by atoms with Crippen molar-refractivity contribution in [1.29, 1.82) is 0 Å². The van der Waals surface area contributed by atoms with Crippen LogP contribution in [0, 0.1) is 10.1 Å². The Morgan fingerprint density at radius 2 is 1.88 bits per heavy atom. The van der Waals surface area contributed by atoms with Crippen LogP contribution in [0.25, 0.3) is 0 Å². The van der Waals surface area contributed by atoms with E-state index in [1.54, 1.807) is 14.0 Å². The predicted octanol–water partition coefficient (Wildman–Crippen LogP) is 3.27. The van der Waals surface area contributed by atoms with Crippen molar-refractivity contribution >= 4 is 11.6 Å². The van der Waals surface area contributed by atoms with Gasteiger partial charge in [-0.2, -0.15) is 0 Å². The van der Waals surface area contributed by atoms with E-state index in [1.165, 1.54) is 24.1 Å². The van der Waals surface area contributed by atoms with Crippen LogP contribution >= 0.6 is 0 Å². The molecular weight excluding hydrogens is 324 g/mol. The van der Waals surface area contributed by atoms with Gasteiger partial charge >= 0.3 is 0 Å². The Bertz CT molecular complexity index is 762. The number of carbonyl (C=O) groups excluding carboxylic acids is 1. The van der Waals surface area contributed by atoms with Crippen molar-refractivity contribution in [2.45, 2.75) is 13.5 Å².